The Bertz CT molecular complexity index is 358. The fraction of sp³-hybridized carbons (Fsp3) is 0.786. The highest BCUT2D eigenvalue weighted by Crippen LogP contribution is 2.60. The molecular formula is C14H20O3. The van der Waals surface area contributed by atoms with E-state index in [9.17, 15) is 9.90 Å². The Morgan fingerprint density at radius 3 is 2.41 bits per heavy atom. The summed E-state index contributed by atoms with van der Waals surface area (Å²) in [5, 5.41) is 10.5. The molecule has 3 nitrogen and oxygen atoms in total. The van der Waals surface area contributed by atoms with Gasteiger partial charge in [-0.05, 0) is 44.9 Å². The van der Waals surface area contributed by atoms with E-state index in [4.69, 9.17) is 4.74 Å². The molecule has 4 fully saturated rings. The Morgan fingerprint density at radius 1 is 1.35 bits per heavy atom. The summed E-state index contributed by atoms with van der Waals surface area (Å²) in [7, 11) is 0. The first kappa shape index (κ1) is 11.3. The van der Waals surface area contributed by atoms with E-state index in [0.29, 0.717) is 17.8 Å². The Hall–Kier alpha value is -0.830. The Kier molecular flexibility index (Phi) is 2.22. The molecule has 2 atom stereocenters. The largest absolute Gasteiger partial charge is 0.456 e. The number of ether oxygens (including phenoxy) is 1. The first-order chi connectivity index (χ1) is 7.95. The van der Waals surface area contributed by atoms with Gasteiger partial charge in [-0.25, -0.2) is 4.79 Å². The predicted molar refractivity (Wildman–Crippen MR) is 63.2 cm³/mol. The molecule has 4 aliphatic carbocycles. The summed E-state index contributed by atoms with van der Waals surface area (Å²) in [6, 6.07) is 0. The minimum Gasteiger partial charge on any atom is -0.456 e. The maximum absolute atomic E-state index is 11.5. The van der Waals surface area contributed by atoms with Crippen LogP contribution < -0.4 is 0 Å². The van der Waals surface area contributed by atoms with Crippen LogP contribution in [0.3, 0.4) is 0 Å². The predicted octanol–water partition coefficient (Wildman–Crippen LogP) is 2.05. The normalized spacial score (nSPS) is 51.3. The zero-order chi connectivity index (χ0) is 12.3. The van der Waals surface area contributed by atoms with Gasteiger partial charge in [-0.15, -0.1) is 0 Å². The van der Waals surface area contributed by atoms with Crippen LogP contribution in [0, 0.1) is 17.8 Å². The zero-order valence-electron chi connectivity index (χ0n) is 10.3. The molecule has 4 rings (SSSR count). The molecule has 1 N–H and O–H groups in total. The quantitative estimate of drug-likeness (QED) is 0.589. The molecule has 2 unspecified atom stereocenters. The molecule has 0 spiro atoms. The number of hydrogen-bond acceptors (Lipinski definition) is 3. The molecular weight excluding hydrogens is 216 g/mol. The number of rotatable bonds is 2. The highest BCUT2D eigenvalue weighted by atomic mass is 16.6. The minimum absolute atomic E-state index is 0.322. The molecule has 0 heterocycles. The maximum atomic E-state index is 11.5. The lowest BCUT2D eigenvalue weighted by Crippen LogP contribution is -2.63. The molecule has 4 bridgehead atoms. The van der Waals surface area contributed by atoms with Crippen molar-refractivity contribution in [1.29, 1.82) is 0 Å². The lowest BCUT2D eigenvalue weighted by molar-refractivity contribution is -0.232. The van der Waals surface area contributed by atoms with Crippen molar-refractivity contribution in [1.82, 2.24) is 0 Å². The zero-order valence-corrected chi connectivity index (χ0v) is 10.3. The second kappa shape index (κ2) is 3.35. The Labute approximate surface area is 102 Å². The molecule has 0 saturated heterocycles. The highest BCUT2D eigenvalue weighted by molar-refractivity contribution is 5.81. The van der Waals surface area contributed by atoms with Gasteiger partial charge in [0.05, 0.1) is 5.60 Å². The molecule has 0 aromatic rings. The number of carbonyl (C=O) groups is 1. The summed E-state index contributed by atoms with van der Waals surface area (Å²) in [5.41, 5.74) is -0.856. The van der Waals surface area contributed by atoms with Crippen LogP contribution >= 0.6 is 0 Å². The third kappa shape index (κ3) is 1.55. The van der Waals surface area contributed by atoms with Crippen LogP contribution in [0.15, 0.2) is 12.7 Å². The number of esters is 1. The second-order valence-electron chi connectivity index (χ2n) is 6.38. The summed E-state index contributed by atoms with van der Waals surface area (Å²) in [6.45, 7) is 5.51. The summed E-state index contributed by atoms with van der Waals surface area (Å²) in [4.78, 5) is 11.5. The highest BCUT2D eigenvalue weighted by Gasteiger charge is 2.61. The van der Waals surface area contributed by atoms with Crippen molar-refractivity contribution in [3.8, 4) is 0 Å². The molecule has 0 aromatic carbocycles. The Morgan fingerprint density at radius 2 is 1.94 bits per heavy atom. The van der Waals surface area contributed by atoms with Crippen molar-refractivity contribution in [3.05, 3.63) is 12.7 Å². The average molecular weight is 236 g/mol. The van der Waals surface area contributed by atoms with E-state index in [-0.39, 0.29) is 11.6 Å². The van der Waals surface area contributed by atoms with Crippen LogP contribution in [-0.4, -0.2) is 22.3 Å². The molecule has 4 aliphatic rings. The summed E-state index contributed by atoms with van der Waals surface area (Å²) >= 11 is 0. The van der Waals surface area contributed by atoms with Crippen LogP contribution in [0.25, 0.3) is 0 Å². The SMILES string of the molecule is C=CC(=O)OC1(C)C2CC3CC1CC(O)(C3)C2. The van der Waals surface area contributed by atoms with Crippen molar-refractivity contribution in [3.63, 3.8) is 0 Å². The summed E-state index contributed by atoms with van der Waals surface area (Å²) in [5.74, 6) is 0.949. The molecule has 17 heavy (non-hydrogen) atoms. The monoisotopic (exact) mass is 236 g/mol. The van der Waals surface area contributed by atoms with E-state index in [1.807, 2.05) is 6.92 Å². The molecule has 94 valence electrons. The lowest BCUT2D eigenvalue weighted by atomic mass is 9.48. The van der Waals surface area contributed by atoms with Crippen LogP contribution in [0.1, 0.15) is 39.0 Å². The average Bonchev–Trinajstić information content (AvgIpc) is 2.24. The summed E-state index contributed by atoms with van der Waals surface area (Å²) < 4.78 is 5.64. The summed E-state index contributed by atoms with van der Waals surface area (Å²) in [6.07, 6.45) is 5.97. The molecule has 0 aliphatic heterocycles. The van der Waals surface area contributed by atoms with E-state index >= 15 is 0 Å². The second-order valence-corrected chi connectivity index (χ2v) is 6.38. The molecule has 0 amide bonds. The van der Waals surface area contributed by atoms with Crippen molar-refractivity contribution in [2.75, 3.05) is 0 Å². The third-order valence-corrected chi connectivity index (χ3v) is 5.27. The first-order valence-corrected chi connectivity index (χ1v) is 6.53. The van der Waals surface area contributed by atoms with Crippen LogP contribution in [-0.2, 0) is 9.53 Å². The van der Waals surface area contributed by atoms with Gasteiger partial charge in [0.2, 0.25) is 0 Å². The van der Waals surface area contributed by atoms with Gasteiger partial charge in [0.1, 0.15) is 5.60 Å². The van der Waals surface area contributed by atoms with Gasteiger partial charge in [0, 0.05) is 17.9 Å². The lowest BCUT2D eigenvalue weighted by Gasteiger charge is -2.61. The fourth-order valence-corrected chi connectivity index (χ4v) is 4.57. The van der Waals surface area contributed by atoms with E-state index in [0.717, 1.165) is 32.1 Å². The molecule has 3 heteroatoms. The van der Waals surface area contributed by atoms with Gasteiger partial charge in [-0.1, -0.05) is 6.58 Å². The maximum Gasteiger partial charge on any atom is 0.330 e. The number of hydrogen-bond donors (Lipinski definition) is 1. The first-order valence-electron chi connectivity index (χ1n) is 6.53. The van der Waals surface area contributed by atoms with Crippen molar-refractivity contribution in [2.24, 2.45) is 17.8 Å². The van der Waals surface area contributed by atoms with Gasteiger partial charge in [0.25, 0.3) is 0 Å². The van der Waals surface area contributed by atoms with Crippen molar-refractivity contribution < 1.29 is 14.6 Å². The van der Waals surface area contributed by atoms with Gasteiger partial charge >= 0.3 is 5.97 Å². The standard InChI is InChI=1S/C14H20O3/c1-3-12(15)17-13(2)10-4-9-5-11(13)8-14(16,6-9)7-10/h3,9-11,16H,1,4-8H2,2H3. The van der Waals surface area contributed by atoms with Crippen molar-refractivity contribution >= 4 is 5.97 Å². The molecule has 0 aromatic heterocycles. The topological polar surface area (TPSA) is 46.5 Å². The van der Waals surface area contributed by atoms with Gasteiger partial charge in [0.15, 0.2) is 0 Å². The van der Waals surface area contributed by atoms with Gasteiger partial charge in [-0.3, -0.25) is 0 Å². The van der Waals surface area contributed by atoms with Crippen LogP contribution in [0.2, 0.25) is 0 Å². The number of aliphatic hydroxyl groups is 1. The van der Waals surface area contributed by atoms with E-state index in [1.54, 1.807) is 0 Å². The van der Waals surface area contributed by atoms with E-state index in [1.165, 1.54) is 6.08 Å². The molecule has 4 saturated carbocycles. The fourth-order valence-electron chi connectivity index (χ4n) is 4.57. The van der Waals surface area contributed by atoms with Crippen molar-refractivity contribution in [2.45, 2.75) is 50.2 Å². The van der Waals surface area contributed by atoms with E-state index in [2.05, 4.69) is 6.58 Å². The van der Waals surface area contributed by atoms with E-state index < -0.39 is 5.60 Å². The smallest absolute Gasteiger partial charge is 0.330 e. The van der Waals surface area contributed by atoms with Gasteiger partial charge < -0.3 is 9.84 Å². The number of carbonyl (C=O) groups excluding carboxylic acids is 1. The Balaban J connectivity index is 1.88. The van der Waals surface area contributed by atoms with Gasteiger partial charge in [-0.2, -0.15) is 0 Å². The molecule has 0 radical (unpaired) electrons. The van der Waals surface area contributed by atoms with Crippen LogP contribution in [0.5, 0.6) is 0 Å². The third-order valence-electron chi connectivity index (χ3n) is 5.27. The minimum atomic E-state index is -0.476. The van der Waals surface area contributed by atoms with Crippen LogP contribution in [0.4, 0.5) is 0 Å².